The van der Waals surface area contributed by atoms with Crippen LogP contribution in [0.3, 0.4) is 0 Å². The smallest absolute Gasteiger partial charge is 0.223 e. The molecule has 0 saturated heterocycles. The second-order valence-corrected chi connectivity index (χ2v) is 8.39. The molecule has 1 amide bonds. The van der Waals surface area contributed by atoms with E-state index in [0.717, 1.165) is 30.4 Å². The van der Waals surface area contributed by atoms with E-state index in [4.69, 9.17) is 0 Å². The Balaban J connectivity index is 1.79. The van der Waals surface area contributed by atoms with Gasteiger partial charge in [0.25, 0.3) is 0 Å². The lowest BCUT2D eigenvalue weighted by atomic mass is 9.68. The van der Waals surface area contributed by atoms with Crippen LogP contribution in [0.4, 0.5) is 4.39 Å². The Labute approximate surface area is 185 Å². The van der Waals surface area contributed by atoms with E-state index in [9.17, 15) is 9.18 Å². The standard InChI is InChI=1S/C28H32FNO/c1-4-20-12-17-25(21(5-2)6-3)26(18-20)28(31)30-19-27(22-10-8-7-9-11-22)23-13-15-24(29)16-14-23/h4-11,13-16,20-21,25-27H,1-3,12,17-19H2,(H,30,31)/t20-,25?,26?,27?/m1/s1. The van der Waals surface area contributed by atoms with E-state index in [1.807, 2.05) is 48.6 Å². The molecule has 0 aromatic heterocycles. The lowest BCUT2D eigenvalue weighted by Gasteiger charge is -2.37. The third kappa shape index (κ3) is 5.61. The minimum atomic E-state index is -0.264. The molecule has 0 radical (unpaired) electrons. The lowest BCUT2D eigenvalue weighted by molar-refractivity contribution is -0.128. The summed E-state index contributed by atoms with van der Waals surface area (Å²) in [5, 5.41) is 3.21. The Morgan fingerprint density at radius 1 is 1.00 bits per heavy atom. The van der Waals surface area contributed by atoms with Crippen molar-refractivity contribution in [2.24, 2.45) is 23.7 Å². The van der Waals surface area contributed by atoms with Crippen molar-refractivity contribution in [3.8, 4) is 0 Å². The molecule has 31 heavy (non-hydrogen) atoms. The van der Waals surface area contributed by atoms with E-state index in [-0.39, 0.29) is 35.4 Å². The second kappa shape index (κ2) is 10.9. The number of nitrogens with one attached hydrogen (secondary N) is 1. The topological polar surface area (TPSA) is 29.1 Å². The molecule has 1 fully saturated rings. The molecule has 1 N–H and O–H groups in total. The van der Waals surface area contributed by atoms with Crippen LogP contribution >= 0.6 is 0 Å². The molecule has 1 aliphatic carbocycles. The molecule has 1 aliphatic rings. The minimum Gasteiger partial charge on any atom is -0.355 e. The number of carbonyl (C=O) groups is 1. The monoisotopic (exact) mass is 417 g/mol. The number of hydrogen-bond donors (Lipinski definition) is 1. The van der Waals surface area contributed by atoms with Gasteiger partial charge < -0.3 is 5.32 Å². The number of carbonyl (C=O) groups excluding carboxylic acids is 1. The van der Waals surface area contributed by atoms with Gasteiger partial charge in [0, 0.05) is 18.4 Å². The van der Waals surface area contributed by atoms with Crippen molar-refractivity contribution in [3.63, 3.8) is 0 Å². The van der Waals surface area contributed by atoms with Crippen LogP contribution in [0.1, 0.15) is 36.3 Å². The van der Waals surface area contributed by atoms with Crippen molar-refractivity contribution >= 4 is 5.91 Å². The van der Waals surface area contributed by atoms with Crippen LogP contribution in [0.25, 0.3) is 0 Å². The van der Waals surface area contributed by atoms with Gasteiger partial charge in [0.05, 0.1) is 0 Å². The lowest BCUT2D eigenvalue weighted by Crippen LogP contribution is -2.42. The zero-order valence-electron chi connectivity index (χ0n) is 18.1. The SMILES string of the molecule is C=CC(C=C)C1CC[C@@H](C=C)CC1C(=O)NCC(c1ccccc1)c1ccc(F)cc1. The Kier molecular flexibility index (Phi) is 8.00. The maximum Gasteiger partial charge on any atom is 0.223 e. The van der Waals surface area contributed by atoms with Gasteiger partial charge in [-0.25, -0.2) is 4.39 Å². The summed E-state index contributed by atoms with van der Waals surface area (Å²) >= 11 is 0. The molecular weight excluding hydrogens is 385 g/mol. The van der Waals surface area contributed by atoms with Gasteiger partial charge in [0.2, 0.25) is 5.91 Å². The van der Waals surface area contributed by atoms with Gasteiger partial charge in [-0.2, -0.15) is 0 Å². The molecule has 2 aromatic rings. The number of hydrogen-bond acceptors (Lipinski definition) is 1. The maximum atomic E-state index is 13.5. The summed E-state index contributed by atoms with van der Waals surface area (Å²) in [4.78, 5) is 13.4. The molecular formula is C28H32FNO. The van der Waals surface area contributed by atoms with E-state index in [1.165, 1.54) is 12.1 Å². The van der Waals surface area contributed by atoms with Crippen LogP contribution in [0, 0.1) is 29.5 Å². The number of allylic oxidation sites excluding steroid dienone is 3. The summed E-state index contributed by atoms with van der Waals surface area (Å²) in [7, 11) is 0. The van der Waals surface area contributed by atoms with Crippen molar-refractivity contribution in [1.29, 1.82) is 0 Å². The first-order valence-electron chi connectivity index (χ1n) is 11.0. The molecule has 4 atom stereocenters. The van der Waals surface area contributed by atoms with E-state index < -0.39 is 0 Å². The van der Waals surface area contributed by atoms with Crippen LogP contribution in [0.2, 0.25) is 0 Å². The fourth-order valence-corrected chi connectivity index (χ4v) is 4.79. The van der Waals surface area contributed by atoms with Gasteiger partial charge in [-0.3, -0.25) is 4.79 Å². The summed E-state index contributed by atoms with van der Waals surface area (Å²) in [6, 6.07) is 16.6. The van der Waals surface area contributed by atoms with E-state index in [2.05, 4.69) is 25.1 Å². The van der Waals surface area contributed by atoms with Crippen LogP contribution in [0.5, 0.6) is 0 Å². The molecule has 2 nitrogen and oxygen atoms in total. The Hall–Kier alpha value is -2.94. The molecule has 0 bridgehead atoms. The summed E-state index contributed by atoms with van der Waals surface area (Å²) in [6.45, 7) is 12.3. The fraction of sp³-hybridized carbons (Fsp3) is 0.321. The largest absolute Gasteiger partial charge is 0.355 e. The first kappa shape index (κ1) is 22.7. The summed E-state index contributed by atoms with van der Waals surface area (Å²) in [5.74, 6) is 0.313. The number of halogens is 1. The second-order valence-electron chi connectivity index (χ2n) is 8.39. The highest BCUT2D eigenvalue weighted by molar-refractivity contribution is 5.79. The van der Waals surface area contributed by atoms with Gasteiger partial charge in [-0.15, -0.1) is 19.7 Å². The average molecular weight is 418 g/mol. The third-order valence-corrected chi connectivity index (χ3v) is 6.61. The van der Waals surface area contributed by atoms with E-state index in [1.54, 1.807) is 12.1 Å². The van der Waals surface area contributed by atoms with Crippen LogP contribution in [-0.2, 0) is 4.79 Å². The van der Waals surface area contributed by atoms with Gasteiger partial charge >= 0.3 is 0 Å². The van der Waals surface area contributed by atoms with Crippen molar-refractivity contribution in [1.82, 2.24) is 5.32 Å². The van der Waals surface area contributed by atoms with Crippen molar-refractivity contribution in [2.75, 3.05) is 6.54 Å². The normalized spacial score (nSPS) is 21.8. The average Bonchev–Trinajstić information content (AvgIpc) is 2.81. The van der Waals surface area contributed by atoms with Crippen LogP contribution < -0.4 is 5.32 Å². The van der Waals surface area contributed by atoms with E-state index in [0.29, 0.717) is 12.5 Å². The molecule has 3 rings (SSSR count). The predicted octanol–water partition coefficient (Wildman–Crippen LogP) is 6.28. The molecule has 162 valence electrons. The summed E-state index contributed by atoms with van der Waals surface area (Å²) in [6.07, 6.45) is 8.56. The van der Waals surface area contributed by atoms with Crippen molar-refractivity contribution in [3.05, 3.63) is 110 Å². The number of benzene rings is 2. The molecule has 0 aliphatic heterocycles. The molecule has 2 aromatic carbocycles. The van der Waals surface area contributed by atoms with Crippen molar-refractivity contribution < 1.29 is 9.18 Å². The Morgan fingerprint density at radius 3 is 2.26 bits per heavy atom. The van der Waals surface area contributed by atoms with Crippen LogP contribution in [0.15, 0.2) is 92.6 Å². The first-order valence-corrected chi connectivity index (χ1v) is 11.0. The molecule has 0 spiro atoms. The Morgan fingerprint density at radius 2 is 1.65 bits per heavy atom. The van der Waals surface area contributed by atoms with Gasteiger partial charge in [-0.05, 0) is 60.3 Å². The predicted molar refractivity (Wildman–Crippen MR) is 126 cm³/mol. The van der Waals surface area contributed by atoms with Gasteiger partial charge in [-0.1, -0.05) is 60.7 Å². The third-order valence-electron chi connectivity index (χ3n) is 6.61. The highest BCUT2D eigenvalue weighted by Gasteiger charge is 2.37. The fourth-order valence-electron chi connectivity index (χ4n) is 4.79. The van der Waals surface area contributed by atoms with Crippen LogP contribution in [-0.4, -0.2) is 12.5 Å². The molecule has 1 saturated carbocycles. The Bertz CT molecular complexity index is 881. The van der Waals surface area contributed by atoms with E-state index >= 15 is 0 Å². The zero-order valence-corrected chi connectivity index (χ0v) is 18.1. The summed E-state index contributed by atoms with van der Waals surface area (Å²) < 4.78 is 13.5. The minimum absolute atomic E-state index is 0.0439. The molecule has 0 heterocycles. The molecule has 3 unspecified atom stereocenters. The van der Waals surface area contributed by atoms with Gasteiger partial charge in [0.15, 0.2) is 0 Å². The maximum absolute atomic E-state index is 13.5. The summed E-state index contributed by atoms with van der Waals surface area (Å²) in [5.41, 5.74) is 2.07. The number of rotatable bonds is 9. The highest BCUT2D eigenvalue weighted by Crippen LogP contribution is 2.40. The molecule has 3 heteroatoms. The number of amides is 1. The van der Waals surface area contributed by atoms with Crippen molar-refractivity contribution in [2.45, 2.75) is 25.2 Å². The highest BCUT2D eigenvalue weighted by atomic mass is 19.1. The zero-order chi connectivity index (χ0) is 22.2. The quantitative estimate of drug-likeness (QED) is 0.478. The van der Waals surface area contributed by atoms with Gasteiger partial charge in [0.1, 0.15) is 5.82 Å². The first-order chi connectivity index (χ1) is 15.1.